The molecule has 4 rings (SSSR count). The van der Waals surface area contributed by atoms with Gasteiger partial charge in [-0.15, -0.1) is 11.3 Å². The molecule has 4 aromatic rings. The van der Waals surface area contributed by atoms with Crippen molar-refractivity contribution in [2.24, 2.45) is 0 Å². The highest BCUT2D eigenvalue weighted by Crippen LogP contribution is 2.34. The third-order valence-electron chi connectivity index (χ3n) is 4.99. The highest BCUT2D eigenvalue weighted by Gasteiger charge is 2.16. The van der Waals surface area contributed by atoms with E-state index >= 15 is 0 Å². The number of hydrogen-bond donors (Lipinski definition) is 1. The van der Waals surface area contributed by atoms with Gasteiger partial charge in [-0.2, -0.15) is 0 Å². The smallest absolute Gasteiger partial charge is 0.137 e. The number of nitrogens with zero attached hydrogens (tertiary/aromatic N) is 3. The zero-order chi connectivity index (χ0) is 18.8. The molecule has 4 nitrogen and oxygen atoms in total. The Labute approximate surface area is 163 Å². The molecule has 1 N–H and O–H groups in total. The Morgan fingerprint density at radius 2 is 1.85 bits per heavy atom. The first kappa shape index (κ1) is 17.9. The molecule has 0 amide bonds. The Balaban J connectivity index is 1.75. The third kappa shape index (κ3) is 3.53. The van der Waals surface area contributed by atoms with Gasteiger partial charge in [0.1, 0.15) is 10.7 Å². The maximum Gasteiger partial charge on any atom is 0.137 e. The minimum absolute atomic E-state index is 0.905. The van der Waals surface area contributed by atoms with Gasteiger partial charge in [0.15, 0.2) is 0 Å². The summed E-state index contributed by atoms with van der Waals surface area (Å²) in [4.78, 5) is 16.6. The van der Waals surface area contributed by atoms with Gasteiger partial charge in [0.25, 0.3) is 0 Å². The van der Waals surface area contributed by atoms with Gasteiger partial charge >= 0.3 is 0 Å². The lowest BCUT2D eigenvalue weighted by atomic mass is 10.0. The Kier molecular flexibility index (Phi) is 5.05. The number of aryl methyl sites for hydroxylation is 1. The van der Waals surface area contributed by atoms with E-state index in [1.165, 1.54) is 15.4 Å². The maximum absolute atomic E-state index is 4.97. The first-order valence-electron chi connectivity index (χ1n) is 9.41. The van der Waals surface area contributed by atoms with Crippen LogP contribution in [-0.2, 0) is 6.54 Å². The molecule has 0 radical (unpaired) electrons. The fourth-order valence-corrected chi connectivity index (χ4v) is 4.38. The molecule has 0 spiro atoms. The number of rotatable bonds is 6. The van der Waals surface area contributed by atoms with Crippen LogP contribution in [0.15, 0.2) is 48.8 Å². The number of thiazole rings is 1. The van der Waals surface area contributed by atoms with Crippen LogP contribution in [0, 0.1) is 6.92 Å². The minimum Gasteiger partial charge on any atom is -0.345 e. The first-order valence-corrected chi connectivity index (χ1v) is 10.2. The SMILES string of the molecule is CCN(CC)Cc1nc(-c2c[nH]c3ncc(-c4ccccc4)cc23)c(C)s1. The van der Waals surface area contributed by atoms with Crippen LogP contribution >= 0.6 is 11.3 Å². The van der Waals surface area contributed by atoms with Crippen LogP contribution in [0.2, 0.25) is 0 Å². The Morgan fingerprint density at radius 1 is 1.07 bits per heavy atom. The predicted molar refractivity (Wildman–Crippen MR) is 114 cm³/mol. The zero-order valence-corrected chi connectivity index (χ0v) is 16.8. The van der Waals surface area contributed by atoms with Crippen molar-refractivity contribution in [1.82, 2.24) is 19.9 Å². The van der Waals surface area contributed by atoms with E-state index in [0.29, 0.717) is 0 Å². The van der Waals surface area contributed by atoms with E-state index in [0.717, 1.165) is 47.5 Å². The van der Waals surface area contributed by atoms with Crippen molar-refractivity contribution >= 4 is 22.4 Å². The molecule has 0 unspecified atom stereocenters. The van der Waals surface area contributed by atoms with Gasteiger partial charge in [-0.3, -0.25) is 4.90 Å². The topological polar surface area (TPSA) is 44.8 Å². The fraction of sp³-hybridized carbons (Fsp3) is 0.273. The van der Waals surface area contributed by atoms with Crippen molar-refractivity contribution in [3.8, 4) is 22.4 Å². The number of benzene rings is 1. The van der Waals surface area contributed by atoms with Crippen molar-refractivity contribution < 1.29 is 0 Å². The molecule has 5 heteroatoms. The summed E-state index contributed by atoms with van der Waals surface area (Å²) in [7, 11) is 0. The summed E-state index contributed by atoms with van der Waals surface area (Å²) in [5, 5.41) is 2.30. The largest absolute Gasteiger partial charge is 0.345 e. The highest BCUT2D eigenvalue weighted by molar-refractivity contribution is 7.12. The summed E-state index contributed by atoms with van der Waals surface area (Å²) in [5.74, 6) is 0. The normalized spacial score (nSPS) is 11.6. The molecule has 0 aliphatic carbocycles. The van der Waals surface area contributed by atoms with Crippen molar-refractivity contribution in [2.45, 2.75) is 27.3 Å². The van der Waals surface area contributed by atoms with Crippen molar-refractivity contribution in [3.63, 3.8) is 0 Å². The molecule has 0 bridgehead atoms. The van der Waals surface area contributed by atoms with Gasteiger partial charge in [0.2, 0.25) is 0 Å². The lowest BCUT2D eigenvalue weighted by Crippen LogP contribution is -2.21. The first-order chi connectivity index (χ1) is 13.2. The van der Waals surface area contributed by atoms with Gasteiger partial charge in [0, 0.05) is 33.8 Å². The van der Waals surface area contributed by atoms with E-state index in [9.17, 15) is 0 Å². The summed E-state index contributed by atoms with van der Waals surface area (Å²) in [6, 6.07) is 12.6. The van der Waals surface area contributed by atoms with Crippen molar-refractivity contribution in [3.05, 3.63) is 58.7 Å². The van der Waals surface area contributed by atoms with Crippen molar-refractivity contribution in [2.75, 3.05) is 13.1 Å². The molecule has 27 heavy (non-hydrogen) atoms. The molecule has 138 valence electrons. The number of aromatic amines is 1. The quantitative estimate of drug-likeness (QED) is 0.483. The van der Waals surface area contributed by atoms with Crippen LogP contribution in [0.4, 0.5) is 0 Å². The second kappa shape index (κ2) is 7.62. The number of H-pyrrole nitrogens is 1. The molecule has 3 heterocycles. The summed E-state index contributed by atoms with van der Waals surface area (Å²) in [6.07, 6.45) is 3.97. The Bertz CT molecular complexity index is 1040. The van der Waals surface area contributed by atoms with Gasteiger partial charge in [-0.25, -0.2) is 9.97 Å². The van der Waals surface area contributed by atoms with Gasteiger partial charge < -0.3 is 4.98 Å². The fourth-order valence-electron chi connectivity index (χ4n) is 3.40. The number of pyridine rings is 1. The number of hydrogen-bond acceptors (Lipinski definition) is 4. The van der Waals surface area contributed by atoms with Crippen LogP contribution in [-0.4, -0.2) is 32.9 Å². The van der Waals surface area contributed by atoms with Gasteiger partial charge in [-0.05, 0) is 31.6 Å². The molecule has 0 saturated heterocycles. The number of fused-ring (bicyclic) bond motifs is 1. The van der Waals surface area contributed by atoms with E-state index in [4.69, 9.17) is 4.98 Å². The standard InChI is InChI=1S/C22H24N4S/c1-4-26(5-2)14-20-25-21(15(3)27-20)19-13-24-22-18(19)11-17(12-23-22)16-9-7-6-8-10-16/h6-13H,4-5,14H2,1-3H3,(H,23,24). The molecule has 0 atom stereocenters. The monoisotopic (exact) mass is 376 g/mol. The predicted octanol–water partition coefficient (Wildman–Crippen LogP) is 5.50. The molecule has 0 aliphatic rings. The van der Waals surface area contributed by atoms with Gasteiger partial charge in [0.05, 0.1) is 12.2 Å². The third-order valence-corrected chi connectivity index (χ3v) is 5.94. The summed E-state index contributed by atoms with van der Waals surface area (Å²) in [6.45, 7) is 9.55. The molecule has 3 aromatic heterocycles. The van der Waals surface area contributed by atoms with E-state index in [1.54, 1.807) is 11.3 Å². The molecule has 0 aliphatic heterocycles. The molecule has 1 aromatic carbocycles. The molecule has 0 fully saturated rings. The zero-order valence-electron chi connectivity index (χ0n) is 16.0. The van der Waals surface area contributed by atoms with Crippen molar-refractivity contribution in [1.29, 1.82) is 0 Å². The second-order valence-electron chi connectivity index (χ2n) is 6.66. The lowest BCUT2D eigenvalue weighted by molar-refractivity contribution is 0.295. The van der Waals surface area contributed by atoms with Crippen LogP contribution in [0.5, 0.6) is 0 Å². The maximum atomic E-state index is 4.97. The van der Waals surface area contributed by atoms with E-state index in [1.807, 2.05) is 18.5 Å². The summed E-state index contributed by atoms with van der Waals surface area (Å²) >= 11 is 1.79. The molecule has 0 saturated carbocycles. The van der Waals surface area contributed by atoms with E-state index in [2.05, 4.69) is 66.0 Å². The van der Waals surface area contributed by atoms with Gasteiger partial charge in [-0.1, -0.05) is 44.2 Å². The molecular formula is C22H24N4S. The minimum atomic E-state index is 0.905. The van der Waals surface area contributed by atoms with E-state index in [-0.39, 0.29) is 0 Å². The summed E-state index contributed by atoms with van der Waals surface area (Å²) in [5.41, 5.74) is 5.41. The lowest BCUT2D eigenvalue weighted by Gasteiger charge is -2.15. The highest BCUT2D eigenvalue weighted by atomic mass is 32.1. The van der Waals surface area contributed by atoms with Crippen LogP contribution < -0.4 is 0 Å². The van der Waals surface area contributed by atoms with Crippen LogP contribution in [0.1, 0.15) is 23.7 Å². The number of nitrogens with one attached hydrogen (secondary N) is 1. The van der Waals surface area contributed by atoms with E-state index < -0.39 is 0 Å². The molecular weight excluding hydrogens is 352 g/mol. The number of aromatic nitrogens is 3. The van der Waals surface area contributed by atoms with Crippen LogP contribution in [0.3, 0.4) is 0 Å². The Hall–Kier alpha value is -2.50. The summed E-state index contributed by atoms with van der Waals surface area (Å²) < 4.78 is 0. The average molecular weight is 377 g/mol. The Morgan fingerprint density at radius 3 is 2.59 bits per heavy atom. The average Bonchev–Trinajstić information content (AvgIpc) is 3.29. The van der Waals surface area contributed by atoms with Crippen LogP contribution in [0.25, 0.3) is 33.4 Å². The second-order valence-corrected chi connectivity index (χ2v) is 7.95.